The molecule has 8 nitrogen and oxygen atoms in total. The van der Waals surface area contributed by atoms with Crippen molar-refractivity contribution in [2.75, 3.05) is 24.8 Å². The molecule has 0 unspecified atom stereocenters. The number of aromatic nitrogens is 3. The first-order chi connectivity index (χ1) is 16.2. The molecule has 0 aliphatic carbocycles. The number of hydrogen-bond donors (Lipinski definition) is 1. The Morgan fingerprint density at radius 1 is 1.09 bits per heavy atom. The Labute approximate surface area is 194 Å². The van der Waals surface area contributed by atoms with E-state index in [1.54, 1.807) is 29.5 Å². The van der Waals surface area contributed by atoms with Gasteiger partial charge in [-0.05, 0) is 50.1 Å². The number of carbonyl (C=O) groups is 1. The highest BCUT2D eigenvalue weighted by molar-refractivity contribution is 7.22. The van der Waals surface area contributed by atoms with Gasteiger partial charge in [-0.2, -0.15) is 10.1 Å². The molecule has 0 spiro atoms. The van der Waals surface area contributed by atoms with Crippen LogP contribution in [-0.4, -0.2) is 46.6 Å². The molecule has 2 aliphatic rings. The van der Waals surface area contributed by atoms with Gasteiger partial charge in [-0.3, -0.25) is 4.79 Å². The molecule has 2 aromatic heterocycles. The number of aryl methyl sites for hydroxylation is 1. The van der Waals surface area contributed by atoms with E-state index in [4.69, 9.17) is 14.5 Å². The fourth-order valence-corrected chi connectivity index (χ4v) is 5.37. The molecule has 4 heterocycles. The summed E-state index contributed by atoms with van der Waals surface area (Å²) in [5.74, 6) is 1.23. The zero-order valence-corrected chi connectivity index (χ0v) is 19.0. The lowest BCUT2D eigenvalue weighted by Gasteiger charge is -2.32. The number of nitrogens with zero attached hydrogens (tertiary/aromatic N) is 4. The Kier molecular flexibility index (Phi) is 4.91. The SMILES string of the molecule is Cc1nn(-c2ccccc2)c2nc(N3CCC(NC(=O)c4ccc5c(c4)OCO5)CC3)sc12. The van der Waals surface area contributed by atoms with Gasteiger partial charge in [0.1, 0.15) is 0 Å². The second-order valence-corrected chi connectivity index (χ2v) is 9.26. The molecule has 0 atom stereocenters. The van der Waals surface area contributed by atoms with Crippen LogP contribution in [0.1, 0.15) is 28.9 Å². The van der Waals surface area contributed by atoms with Gasteiger partial charge in [-0.25, -0.2) is 4.68 Å². The van der Waals surface area contributed by atoms with Crippen molar-refractivity contribution in [3.8, 4) is 17.2 Å². The van der Waals surface area contributed by atoms with Crippen LogP contribution in [0.15, 0.2) is 48.5 Å². The number of ether oxygens (including phenoxy) is 2. The van der Waals surface area contributed by atoms with Gasteiger partial charge in [0.15, 0.2) is 22.3 Å². The van der Waals surface area contributed by atoms with E-state index in [0.29, 0.717) is 17.1 Å². The standard InChI is InChI=1S/C24H23N5O3S/c1-15-21-22(29(27-15)18-5-3-2-4-6-18)26-24(33-21)28-11-9-17(10-12-28)25-23(30)16-7-8-19-20(13-16)32-14-31-19/h2-8,13,17H,9-12,14H2,1H3,(H,25,30). The van der Waals surface area contributed by atoms with Gasteiger partial charge in [-0.1, -0.05) is 29.5 Å². The number of anilines is 1. The summed E-state index contributed by atoms with van der Waals surface area (Å²) in [6.45, 7) is 3.93. The van der Waals surface area contributed by atoms with Crippen LogP contribution in [0.3, 0.4) is 0 Å². The number of nitrogens with one attached hydrogen (secondary N) is 1. The van der Waals surface area contributed by atoms with Crippen LogP contribution in [0.4, 0.5) is 5.13 Å². The van der Waals surface area contributed by atoms with Crippen molar-refractivity contribution in [2.45, 2.75) is 25.8 Å². The summed E-state index contributed by atoms with van der Waals surface area (Å²) >= 11 is 1.69. The van der Waals surface area contributed by atoms with E-state index in [0.717, 1.165) is 52.8 Å². The van der Waals surface area contributed by atoms with E-state index in [-0.39, 0.29) is 18.7 Å². The number of piperidine rings is 1. The minimum atomic E-state index is -0.0784. The largest absolute Gasteiger partial charge is 0.454 e. The van der Waals surface area contributed by atoms with Crippen LogP contribution in [-0.2, 0) is 0 Å². The monoisotopic (exact) mass is 461 g/mol. The molecule has 0 bridgehead atoms. The number of para-hydroxylation sites is 1. The van der Waals surface area contributed by atoms with Crippen molar-refractivity contribution in [1.29, 1.82) is 0 Å². The molecule has 0 radical (unpaired) electrons. The van der Waals surface area contributed by atoms with Gasteiger partial charge in [0.25, 0.3) is 5.91 Å². The highest BCUT2D eigenvalue weighted by Gasteiger charge is 2.25. The molecule has 168 valence electrons. The third-order valence-electron chi connectivity index (χ3n) is 6.11. The fraction of sp³-hybridized carbons (Fsp3) is 0.292. The summed E-state index contributed by atoms with van der Waals surface area (Å²) in [6, 6.07) is 15.5. The average molecular weight is 462 g/mol. The Morgan fingerprint density at radius 2 is 1.88 bits per heavy atom. The third-order valence-corrected chi connectivity index (χ3v) is 7.33. The molecule has 0 saturated carbocycles. The van der Waals surface area contributed by atoms with Crippen LogP contribution in [0.2, 0.25) is 0 Å². The third kappa shape index (κ3) is 3.68. The van der Waals surface area contributed by atoms with Crippen LogP contribution in [0.5, 0.6) is 11.5 Å². The summed E-state index contributed by atoms with van der Waals surface area (Å²) in [5, 5.41) is 8.86. The summed E-state index contributed by atoms with van der Waals surface area (Å²) in [5.41, 5.74) is 3.49. The zero-order valence-electron chi connectivity index (χ0n) is 18.2. The normalized spacial score (nSPS) is 15.8. The van der Waals surface area contributed by atoms with Crippen molar-refractivity contribution in [3.05, 3.63) is 59.8 Å². The first-order valence-corrected chi connectivity index (χ1v) is 11.8. The number of thiazole rings is 1. The highest BCUT2D eigenvalue weighted by Crippen LogP contribution is 2.34. The molecule has 1 fully saturated rings. The molecule has 1 saturated heterocycles. The zero-order chi connectivity index (χ0) is 22.4. The molecular weight excluding hydrogens is 438 g/mol. The number of fused-ring (bicyclic) bond motifs is 2. The molecule has 6 rings (SSSR count). The maximum atomic E-state index is 12.7. The maximum absolute atomic E-state index is 12.7. The van der Waals surface area contributed by atoms with Crippen molar-refractivity contribution < 1.29 is 14.3 Å². The van der Waals surface area contributed by atoms with Crippen LogP contribution < -0.4 is 19.7 Å². The lowest BCUT2D eigenvalue weighted by Crippen LogP contribution is -2.44. The van der Waals surface area contributed by atoms with Crippen molar-refractivity contribution in [3.63, 3.8) is 0 Å². The highest BCUT2D eigenvalue weighted by atomic mass is 32.1. The number of hydrogen-bond acceptors (Lipinski definition) is 7. The van der Waals surface area contributed by atoms with Gasteiger partial charge >= 0.3 is 0 Å². The second-order valence-electron chi connectivity index (χ2n) is 8.28. The Hall–Kier alpha value is -3.59. The van der Waals surface area contributed by atoms with Gasteiger partial charge in [0, 0.05) is 24.7 Å². The van der Waals surface area contributed by atoms with Crippen LogP contribution >= 0.6 is 11.3 Å². The van der Waals surface area contributed by atoms with E-state index >= 15 is 0 Å². The first kappa shape index (κ1) is 20.0. The number of rotatable bonds is 4. The average Bonchev–Trinajstić information content (AvgIpc) is 3.56. The molecule has 4 aromatic rings. The van der Waals surface area contributed by atoms with E-state index < -0.39 is 0 Å². The van der Waals surface area contributed by atoms with E-state index in [1.807, 2.05) is 41.9 Å². The summed E-state index contributed by atoms with van der Waals surface area (Å²) in [4.78, 5) is 20.0. The lowest BCUT2D eigenvalue weighted by atomic mass is 10.0. The Bertz CT molecular complexity index is 1320. The van der Waals surface area contributed by atoms with Crippen LogP contribution in [0, 0.1) is 6.92 Å². The Balaban J connectivity index is 1.13. The van der Waals surface area contributed by atoms with Crippen molar-refractivity contribution in [1.82, 2.24) is 20.1 Å². The second kappa shape index (κ2) is 8.08. The van der Waals surface area contributed by atoms with Gasteiger partial charge < -0.3 is 19.7 Å². The molecule has 2 aromatic carbocycles. The van der Waals surface area contributed by atoms with Crippen molar-refractivity contribution in [2.24, 2.45) is 0 Å². The molecule has 1 N–H and O–H groups in total. The minimum absolute atomic E-state index is 0.0784. The first-order valence-electron chi connectivity index (χ1n) is 11.0. The molecule has 9 heteroatoms. The molecule has 1 amide bonds. The summed E-state index contributed by atoms with van der Waals surface area (Å²) in [6.07, 6.45) is 1.74. The van der Waals surface area contributed by atoms with E-state index in [1.165, 1.54) is 0 Å². The topological polar surface area (TPSA) is 81.5 Å². The number of carbonyl (C=O) groups excluding carboxylic acids is 1. The summed E-state index contributed by atoms with van der Waals surface area (Å²) < 4.78 is 13.7. The smallest absolute Gasteiger partial charge is 0.251 e. The van der Waals surface area contributed by atoms with E-state index in [2.05, 4.69) is 15.3 Å². The fourth-order valence-electron chi connectivity index (χ4n) is 4.33. The maximum Gasteiger partial charge on any atom is 0.251 e. The molecular formula is C24H23N5O3S. The predicted octanol–water partition coefficient (Wildman–Crippen LogP) is 3.92. The molecule has 33 heavy (non-hydrogen) atoms. The van der Waals surface area contributed by atoms with Crippen molar-refractivity contribution >= 4 is 32.7 Å². The minimum Gasteiger partial charge on any atom is -0.454 e. The quantitative estimate of drug-likeness (QED) is 0.496. The number of benzene rings is 2. The van der Waals surface area contributed by atoms with E-state index in [9.17, 15) is 4.79 Å². The predicted molar refractivity (Wildman–Crippen MR) is 127 cm³/mol. The summed E-state index contributed by atoms with van der Waals surface area (Å²) in [7, 11) is 0. The Morgan fingerprint density at radius 3 is 2.70 bits per heavy atom. The van der Waals surface area contributed by atoms with Crippen LogP contribution in [0.25, 0.3) is 16.0 Å². The van der Waals surface area contributed by atoms with Gasteiger partial charge in [-0.15, -0.1) is 0 Å². The van der Waals surface area contributed by atoms with Gasteiger partial charge in [0.2, 0.25) is 6.79 Å². The van der Waals surface area contributed by atoms with Gasteiger partial charge in [0.05, 0.1) is 16.1 Å². The molecule has 2 aliphatic heterocycles. The number of amides is 1. The lowest BCUT2D eigenvalue weighted by molar-refractivity contribution is 0.0930.